The Morgan fingerprint density at radius 3 is 1.68 bits per heavy atom. The third-order valence-electron chi connectivity index (χ3n) is 10.4. The van der Waals surface area contributed by atoms with Crippen molar-refractivity contribution in [2.24, 2.45) is 11.8 Å². The van der Waals surface area contributed by atoms with E-state index < -0.39 is 36.5 Å². The van der Waals surface area contributed by atoms with Gasteiger partial charge in [-0.15, -0.1) is 6.58 Å². The van der Waals surface area contributed by atoms with Crippen LogP contribution in [0.3, 0.4) is 0 Å². The number of rotatable bonds is 21. The summed E-state index contributed by atoms with van der Waals surface area (Å²) in [6.07, 6.45) is 6.34. The standard InChI is InChI=1S/C33H68O5Si3/c1-16-28(9)29(36-39(14,15)32(10,11)12)26-33(13,38-41(20-5,21-6)22-7)30(25-27(8)23-24-31(34)35)37-40(17-2,18-3)19-4/h16,23-24,27-30H,1,17-22,25-26H2,2-15H3,(H,34,35)/b24-23+/t27-,28-,29+,30+,33-/m1/s1. The van der Waals surface area contributed by atoms with Crippen molar-refractivity contribution in [3.05, 3.63) is 24.8 Å². The Balaban J connectivity index is 7.20. The SMILES string of the molecule is C=C[C@@H](C)[C@H](C[C@@](C)(O[Si](CC)(CC)CC)[C@H](C[C@H](C)/C=C/C(=O)O)O[Si](CC)(CC)CC)O[Si](C)(C)C(C)(C)C. The third kappa shape index (κ3) is 11.8. The van der Waals surface area contributed by atoms with Gasteiger partial charge < -0.3 is 18.4 Å². The predicted molar refractivity (Wildman–Crippen MR) is 185 cm³/mol. The number of carboxylic acid groups (broad SMARTS) is 1. The van der Waals surface area contributed by atoms with Crippen LogP contribution < -0.4 is 0 Å². The number of carboxylic acids is 1. The smallest absolute Gasteiger partial charge is 0.327 e. The van der Waals surface area contributed by atoms with E-state index in [4.69, 9.17) is 13.3 Å². The van der Waals surface area contributed by atoms with Crippen molar-refractivity contribution in [2.45, 2.75) is 168 Å². The van der Waals surface area contributed by atoms with Crippen molar-refractivity contribution >= 4 is 30.9 Å². The average Bonchev–Trinajstić information content (AvgIpc) is 2.91. The van der Waals surface area contributed by atoms with E-state index in [0.29, 0.717) is 6.42 Å². The van der Waals surface area contributed by atoms with Crippen LogP contribution in [0, 0.1) is 11.8 Å². The predicted octanol–water partition coefficient (Wildman–Crippen LogP) is 10.4. The first kappa shape index (κ1) is 40.5. The second kappa shape index (κ2) is 17.1. The van der Waals surface area contributed by atoms with Crippen LogP contribution in [0.5, 0.6) is 0 Å². The number of carbonyl (C=O) groups is 1. The lowest BCUT2D eigenvalue weighted by molar-refractivity contribution is -0.131. The van der Waals surface area contributed by atoms with E-state index in [1.807, 2.05) is 12.2 Å². The van der Waals surface area contributed by atoms with Crippen LogP contribution in [-0.2, 0) is 18.1 Å². The summed E-state index contributed by atoms with van der Waals surface area (Å²) >= 11 is 0. The monoisotopic (exact) mass is 628 g/mol. The zero-order chi connectivity index (χ0) is 32.3. The van der Waals surface area contributed by atoms with Gasteiger partial charge in [-0.25, -0.2) is 4.79 Å². The lowest BCUT2D eigenvalue weighted by Gasteiger charge is -2.51. The molecule has 0 amide bonds. The summed E-state index contributed by atoms with van der Waals surface area (Å²) in [5.41, 5.74) is -0.582. The molecule has 5 atom stereocenters. The number of hydrogen-bond acceptors (Lipinski definition) is 4. The first-order valence-corrected chi connectivity index (χ1v) is 24.3. The Morgan fingerprint density at radius 2 is 1.32 bits per heavy atom. The summed E-state index contributed by atoms with van der Waals surface area (Å²) in [7, 11) is -6.18. The van der Waals surface area contributed by atoms with Gasteiger partial charge in [-0.05, 0) is 79.6 Å². The minimum absolute atomic E-state index is 0.0360. The van der Waals surface area contributed by atoms with Gasteiger partial charge in [0.15, 0.2) is 25.0 Å². The van der Waals surface area contributed by atoms with Crippen molar-refractivity contribution in [3.8, 4) is 0 Å². The van der Waals surface area contributed by atoms with Gasteiger partial charge in [-0.2, -0.15) is 0 Å². The Hall–Kier alpha value is -0.519. The maximum Gasteiger partial charge on any atom is 0.327 e. The second-order valence-electron chi connectivity index (χ2n) is 14.1. The molecule has 1 N–H and O–H groups in total. The third-order valence-corrected chi connectivity index (χ3v) is 24.3. The summed E-state index contributed by atoms with van der Waals surface area (Å²) < 4.78 is 22.1. The van der Waals surface area contributed by atoms with Crippen molar-refractivity contribution in [3.63, 3.8) is 0 Å². The Morgan fingerprint density at radius 1 is 0.854 bits per heavy atom. The first-order chi connectivity index (χ1) is 18.8. The van der Waals surface area contributed by atoms with E-state index in [1.54, 1.807) is 0 Å². The molecule has 5 nitrogen and oxygen atoms in total. The molecule has 0 rings (SSSR count). The molecular formula is C33H68O5Si3. The van der Waals surface area contributed by atoms with E-state index in [1.165, 1.54) is 6.08 Å². The minimum atomic E-state index is -2.09. The normalized spacial score (nSPS) is 18.1. The van der Waals surface area contributed by atoms with Gasteiger partial charge in [-0.3, -0.25) is 0 Å². The highest BCUT2D eigenvalue weighted by molar-refractivity contribution is 6.74. The summed E-state index contributed by atoms with van der Waals surface area (Å²) in [4.78, 5) is 11.4. The molecule has 0 saturated heterocycles. The van der Waals surface area contributed by atoms with Crippen LogP contribution in [-0.4, -0.2) is 53.8 Å². The van der Waals surface area contributed by atoms with Crippen LogP contribution in [0.25, 0.3) is 0 Å². The van der Waals surface area contributed by atoms with E-state index in [9.17, 15) is 9.90 Å². The quantitative estimate of drug-likeness (QED) is 0.0778. The molecule has 0 radical (unpaired) electrons. The lowest BCUT2D eigenvalue weighted by Crippen LogP contribution is -2.58. The molecule has 8 heteroatoms. The molecule has 0 bridgehead atoms. The van der Waals surface area contributed by atoms with E-state index in [0.717, 1.165) is 42.7 Å². The average molecular weight is 629 g/mol. The molecule has 0 unspecified atom stereocenters. The van der Waals surface area contributed by atoms with Crippen LogP contribution >= 0.6 is 0 Å². The van der Waals surface area contributed by atoms with Gasteiger partial charge in [0.25, 0.3) is 0 Å². The van der Waals surface area contributed by atoms with Crippen LogP contribution in [0.2, 0.25) is 54.4 Å². The van der Waals surface area contributed by atoms with Crippen molar-refractivity contribution in [1.29, 1.82) is 0 Å². The Bertz CT molecular complexity index is 798. The fourth-order valence-electron chi connectivity index (χ4n) is 5.53. The highest BCUT2D eigenvalue weighted by atomic mass is 28.4. The fourth-order valence-corrected chi connectivity index (χ4v) is 13.0. The summed E-state index contributed by atoms with van der Waals surface area (Å²) in [5.74, 6) is -0.720. The first-order valence-electron chi connectivity index (χ1n) is 16.4. The molecule has 0 aromatic heterocycles. The summed E-state index contributed by atoms with van der Waals surface area (Å²) in [6.45, 7) is 36.0. The van der Waals surface area contributed by atoms with Crippen LogP contribution in [0.15, 0.2) is 24.8 Å². The minimum Gasteiger partial charge on any atom is -0.478 e. The molecule has 0 spiro atoms. The van der Waals surface area contributed by atoms with Crippen molar-refractivity contribution in [1.82, 2.24) is 0 Å². The van der Waals surface area contributed by atoms with Gasteiger partial charge in [-0.1, -0.05) is 88.3 Å². The van der Waals surface area contributed by atoms with Crippen molar-refractivity contribution in [2.75, 3.05) is 0 Å². The van der Waals surface area contributed by atoms with E-state index >= 15 is 0 Å². The van der Waals surface area contributed by atoms with Gasteiger partial charge in [0.1, 0.15) is 0 Å². The molecule has 0 saturated carbocycles. The maximum atomic E-state index is 11.4. The second-order valence-corrected chi connectivity index (χ2v) is 28.3. The summed E-state index contributed by atoms with van der Waals surface area (Å²) in [5, 5.41) is 9.42. The molecule has 0 aliphatic rings. The highest BCUT2D eigenvalue weighted by Crippen LogP contribution is 2.43. The number of allylic oxidation sites excluding steroid dienone is 1. The van der Waals surface area contributed by atoms with Crippen LogP contribution in [0.1, 0.15) is 95.9 Å². The number of aliphatic carboxylic acids is 1. The topological polar surface area (TPSA) is 65.0 Å². The molecule has 0 heterocycles. The van der Waals surface area contributed by atoms with Gasteiger partial charge in [0, 0.05) is 12.5 Å². The Labute approximate surface area is 258 Å². The Kier molecular flexibility index (Phi) is 16.9. The molecule has 0 aromatic rings. The molecule has 242 valence electrons. The van der Waals surface area contributed by atoms with Crippen molar-refractivity contribution < 1.29 is 23.2 Å². The van der Waals surface area contributed by atoms with E-state index in [-0.39, 0.29) is 29.1 Å². The largest absolute Gasteiger partial charge is 0.478 e. The molecule has 0 fully saturated rings. The van der Waals surface area contributed by atoms with Gasteiger partial charge in [0.05, 0.1) is 17.8 Å². The molecule has 41 heavy (non-hydrogen) atoms. The zero-order valence-corrected chi connectivity index (χ0v) is 32.5. The molecule has 0 aliphatic carbocycles. The zero-order valence-electron chi connectivity index (χ0n) is 29.5. The maximum absolute atomic E-state index is 11.4. The molecular weight excluding hydrogens is 561 g/mol. The van der Waals surface area contributed by atoms with Gasteiger partial charge >= 0.3 is 5.97 Å². The fraction of sp³-hybridized carbons (Fsp3) is 0.848. The number of hydrogen-bond donors (Lipinski definition) is 1. The van der Waals surface area contributed by atoms with Crippen LogP contribution in [0.4, 0.5) is 0 Å². The summed E-state index contributed by atoms with van der Waals surface area (Å²) in [6, 6.07) is 6.32. The molecule has 0 aromatic carbocycles. The lowest BCUT2D eigenvalue weighted by atomic mass is 9.84. The van der Waals surface area contributed by atoms with Gasteiger partial charge in [0.2, 0.25) is 0 Å². The van der Waals surface area contributed by atoms with E-state index in [2.05, 4.69) is 103 Å². The molecule has 0 aliphatic heterocycles. The highest BCUT2D eigenvalue weighted by Gasteiger charge is 2.49.